The third-order valence-electron chi connectivity index (χ3n) is 5.65. The van der Waals surface area contributed by atoms with Gasteiger partial charge in [-0.2, -0.15) is 0 Å². The largest absolute Gasteiger partial charge is 0.311 e. The molecule has 0 bridgehead atoms. The minimum absolute atomic E-state index is 0.0359. The molecular formula is C25H23N3O2S2. The topological polar surface area (TPSA) is 55.2 Å². The first-order valence-electron chi connectivity index (χ1n) is 10.6. The number of aryl methyl sites for hydroxylation is 3. The molecule has 3 heterocycles. The van der Waals surface area contributed by atoms with Gasteiger partial charge >= 0.3 is 0 Å². The first kappa shape index (κ1) is 21.0. The van der Waals surface area contributed by atoms with Gasteiger partial charge in [0.15, 0.2) is 5.16 Å². The number of fused-ring (bicyclic) bond motifs is 2. The van der Waals surface area contributed by atoms with E-state index in [2.05, 4.69) is 12.1 Å². The van der Waals surface area contributed by atoms with Crippen LogP contribution in [0.4, 0.5) is 5.69 Å². The Labute approximate surface area is 194 Å². The van der Waals surface area contributed by atoms with Gasteiger partial charge in [0.25, 0.3) is 5.56 Å². The summed E-state index contributed by atoms with van der Waals surface area (Å²) in [5.41, 5.74) is 5.74. The van der Waals surface area contributed by atoms with Gasteiger partial charge in [-0.3, -0.25) is 14.2 Å². The van der Waals surface area contributed by atoms with Gasteiger partial charge in [-0.25, -0.2) is 4.98 Å². The van der Waals surface area contributed by atoms with Crippen LogP contribution in [-0.4, -0.2) is 27.8 Å². The maximum Gasteiger partial charge on any atom is 0.276 e. The Balaban J connectivity index is 1.51. The summed E-state index contributed by atoms with van der Waals surface area (Å²) in [7, 11) is 0. The zero-order chi connectivity index (χ0) is 22.2. The highest BCUT2D eigenvalue weighted by Crippen LogP contribution is 2.29. The number of thiophene rings is 1. The van der Waals surface area contributed by atoms with E-state index in [0.29, 0.717) is 15.4 Å². The van der Waals surface area contributed by atoms with Gasteiger partial charge in [-0.05, 0) is 73.0 Å². The molecule has 0 radical (unpaired) electrons. The van der Waals surface area contributed by atoms with Gasteiger partial charge in [0, 0.05) is 12.2 Å². The van der Waals surface area contributed by atoms with Gasteiger partial charge in [0.2, 0.25) is 5.91 Å². The lowest BCUT2D eigenvalue weighted by atomic mass is 10.0. The Hall–Kier alpha value is -2.90. The van der Waals surface area contributed by atoms with Crippen LogP contribution in [-0.2, 0) is 11.2 Å². The highest BCUT2D eigenvalue weighted by atomic mass is 32.2. The molecule has 2 aromatic heterocycles. The van der Waals surface area contributed by atoms with Crippen molar-refractivity contribution in [3.05, 3.63) is 81.0 Å². The smallest absolute Gasteiger partial charge is 0.276 e. The molecule has 0 atom stereocenters. The summed E-state index contributed by atoms with van der Waals surface area (Å²) in [4.78, 5) is 33.2. The van der Waals surface area contributed by atoms with E-state index >= 15 is 0 Å². The van der Waals surface area contributed by atoms with Crippen molar-refractivity contribution < 1.29 is 4.79 Å². The molecule has 0 unspecified atom stereocenters. The zero-order valence-corrected chi connectivity index (χ0v) is 19.6. The molecule has 0 saturated carbocycles. The Kier molecular flexibility index (Phi) is 5.61. The van der Waals surface area contributed by atoms with E-state index in [1.54, 1.807) is 4.57 Å². The number of carbonyl (C=O) groups is 1. The van der Waals surface area contributed by atoms with Crippen LogP contribution < -0.4 is 10.5 Å². The molecule has 0 fully saturated rings. The van der Waals surface area contributed by atoms with Gasteiger partial charge in [-0.1, -0.05) is 36.0 Å². The number of benzene rings is 2. The Morgan fingerprint density at radius 2 is 1.91 bits per heavy atom. The molecule has 0 aliphatic carbocycles. The van der Waals surface area contributed by atoms with Gasteiger partial charge in [0.1, 0.15) is 4.70 Å². The maximum absolute atomic E-state index is 13.4. The summed E-state index contributed by atoms with van der Waals surface area (Å²) in [5.74, 6) is 0.259. The summed E-state index contributed by atoms with van der Waals surface area (Å²) in [6, 6.07) is 16.0. The molecular weight excluding hydrogens is 438 g/mol. The average molecular weight is 462 g/mol. The molecule has 0 saturated heterocycles. The molecule has 1 aliphatic rings. The second-order valence-electron chi connectivity index (χ2n) is 8.08. The molecule has 162 valence electrons. The summed E-state index contributed by atoms with van der Waals surface area (Å²) in [5, 5.41) is 2.43. The molecule has 5 rings (SSSR count). The number of thioether (sulfide) groups is 1. The van der Waals surface area contributed by atoms with Crippen molar-refractivity contribution in [1.82, 2.24) is 9.55 Å². The summed E-state index contributed by atoms with van der Waals surface area (Å²) in [6.45, 7) is 4.75. The average Bonchev–Trinajstić information content (AvgIpc) is 3.25. The number of amides is 1. The summed E-state index contributed by atoms with van der Waals surface area (Å²) >= 11 is 2.73. The second-order valence-corrected chi connectivity index (χ2v) is 9.94. The van der Waals surface area contributed by atoms with Crippen LogP contribution >= 0.6 is 23.1 Å². The first-order valence-corrected chi connectivity index (χ1v) is 12.5. The van der Waals surface area contributed by atoms with Crippen molar-refractivity contribution in [1.29, 1.82) is 0 Å². The molecule has 32 heavy (non-hydrogen) atoms. The van der Waals surface area contributed by atoms with Gasteiger partial charge in [0.05, 0.1) is 17.0 Å². The zero-order valence-electron chi connectivity index (χ0n) is 18.0. The van der Waals surface area contributed by atoms with Crippen LogP contribution in [0.3, 0.4) is 0 Å². The normalized spacial score (nSPS) is 13.4. The van der Waals surface area contributed by atoms with Crippen LogP contribution in [0.25, 0.3) is 15.9 Å². The van der Waals surface area contributed by atoms with Crippen molar-refractivity contribution in [2.24, 2.45) is 0 Å². The quantitative estimate of drug-likeness (QED) is 0.312. The van der Waals surface area contributed by atoms with E-state index in [-0.39, 0.29) is 17.2 Å². The fourth-order valence-corrected chi connectivity index (χ4v) is 5.94. The summed E-state index contributed by atoms with van der Waals surface area (Å²) < 4.78 is 2.28. The number of carbonyl (C=O) groups excluding carboxylic acids is 1. The molecule has 0 spiro atoms. The van der Waals surface area contributed by atoms with Crippen LogP contribution in [0.2, 0.25) is 0 Å². The molecule has 1 aliphatic heterocycles. The number of aromatic nitrogens is 2. The Bertz CT molecular complexity index is 1370. The lowest BCUT2D eigenvalue weighted by molar-refractivity contribution is -0.116. The standard InChI is InChI=1S/C25H23N3O2S2/c1-16-12-17(2)14-19(13-16)28-24(30)23-20(9-11-31-23)26-25(28)32-15-22(29)27-10-5-7-18-6-3-4-8-21(18)27/h3-4,6,8-9,11-14H,5,7,10,15H2,1-2H3. The van der Waals surface area contributed by atoms with Crippen molar-refractivity contribution in [2.75, 3.05) is 17.2 Å². The van der Waals surface area contributed by atoms with Crippen LogP contribution in [0.5, 0.6) is 0 Å². The molecule has 1 amide bonds. The number of hydrogen-bond acceptors (Lipinski definition) is 5. The van der Waals surface area contributed by atoms with E-state index in [9.17, 15) is 9.59 Å². The number of nitrogens with zero attached hydrogens (tertiary/aromatic N) is 3. The predicted molar refractivity (Wildman–Crippen MR) is 133 cm³/mol. The molecule has 4 aromatic rings. The highest BCUT2D eigenvalue weighted by molar-refractivity contribution is 7.99. The number of para-hydroxylation sites is 1. The van der Waals surface area contributed by atoms with Gasteiger partial charge < -0.3 is 4.90 Å². The predicted octanol–water partition coefficient (Wildman–Crippen LogP) is 5.14. The van der Waals surface area contributed by atoms with E-state index in [4.69, 9.17) is 4.98 Å². The summed E-state index contributed by atoms with van der Waals surface area (Å²) in [6.07, 6.45) is 1.95. The molecule has 0 N–H and O–H groups in total. The number of hydrogen-bond donors (Lipinski definition) is 0. The van der Waals surface area contributed by atoms with Crippen LogP contribution in [0.15, 0.2) is 63.9 Å². The van der Waals surface area contributed by atoms with E-state index in [1.807, 2.05) is 60.5 Å². The van der Waals surface area contributed by atoms with Crippen molar-refractivity contribution in [2.45, 2.75) is 31.8 Å². The monoisotopic (exact) mass is 461 g/mol. The highest BCUT2D eigenvalue weighted by Gasteiger charge is 2.23. The lowest BCUT2D eigenvalue weighted by Crippen LogP contribution is -2.36. The van der Waals surface area contributed by atoms with E-state index in [0.717, 1.165) is 41.9 Å². The SMILES string of the molecule is Cc1cc(C)cc(-n2c(SCC(=O)N3CCCc4ccccc43)nc3ccsc3c2=O)c1. The Morgan fingerprint density at radius 1 is 1.12 bits per heavy atom. The fraction of sp³-hybridized carbons (Fsp3) is 0.240. The minimum Gasteiger partial charge on any atom is -0.311 e. The number of anilines is 1. The molecule has 7 heteroatoms. The third kappa shape index (κ3) is 3.87. The Morgan fingerprint density at radius 3 is 2.72 bits per heavy atom. The van der Waals surface area contributed by atoms with Crippen LogP contribution in [0.1, 0.15) is 23.1 Å². The molecule has 2 aromatic carbocycles. The maximum atomic E-state index is 13.4. The minimum atomic E-state index is -0.0896. The fourth-order valence-electron chi connectivity index (χ4n) is 4.29. The van der Waals surface area contributed by atoms with Gasteiger partial charge in [-0.15, -0.1) is 11.3 Å². The second kappa shape index (κ2) is 8.56. The van der Waals surface area contributed by atoms with E-state index in [1.165, 1.54) is 28.7 Å². The van der Waals surface area contributed by atoms with Crippen LogP contribution in [0, 0.1) is 13.8 Å². The third-order valence-corrected chi connectivity index (χ3v) is 7.46. The lowest BCUT2D eigenvalue weighted by Gasteiger charge is -2.29. The van der Waals surface area contributed by atoms with E-state index < -0.39 is 0 Å². The van der Waals surface area contributed by atoms with Crippen molar-refractivity contribution >= 4 is 44.9 Å². The van der Waals surface area contributed by atoms with Crippen molar-refractivity contribution in [3.63, 3.8) is 0 Å². The number of rotatable bonds is 4. The van der Waals surface area contributed by atoms with Crippen molar-refractivity contribution in [3.8, 4) is 5.69 Å². The molecule has 5 nitrogen and oxygen atoms in total. The first-order chi connectivity index (χ1) is 15.5.